The van der Waals surface area contributed by atoms with Gasteiger partial charge in [0.2, 0.25) is 5.91 Å². The van der Waals surface area contributed by atoms with Gasteiger partial charge < -0.3 is 20.1 Å². The predicted octanol–water partition coefficient (Wildman–Crippen LogP) is 3.87. The first-order valence-electron chi connectivity index (χ1n) is 9.01. The van der Waals surface area contributed by atoms with Crippen LogP contribution in [0.1, 0.15) is 19.4 Å². The number of hydrogen-bond donors (Lipinski definition) is 2. The van der Waals surface area contributed by atoms with Gasteiger partial charge in [-0.3, -0.25) is 9.59 Å². The average molecular weight is 498 g/mol. The number of rotatable bonds is 8. The average Bonchev–Trinajstić information content (AvgIpc) is 2.68. The van der Waals surface area contributed by atoms with E-state index in [0.717, 1.165) is 10.0 Å². The van der Waals surface area contributed by atoms with Crippen molar-refractivity contribution < 1.29 is 23.9 Å². The largest absolute Gasteiger partial charge is 0.476 e. The lowest BCUT2D eigenvalue weighted by Gasteiger charge is -2.24. The highest BCUT2D eigenvalue weighted by molar-refractivity contribution is 9.10. The molecule has 0 atom stereocenters. The minimum absolute atomic E-state index is 0.253. The summed E-state index contributed by atoms with van der Waals surface area (Å²) in [6.07, 6.45) is 0. The second kappa shape index (κ2) is 10.4. The van der Waals surface area contributed by atoms with Crippen molar-refractivity contribution in [3.8, 4) is 5.75 Å². The molecule has 9 heteroatoms. The summed E-state index contributed by atoms with van der Waals surface area (Å²) in [4.78, 5) is 36.2. The first-order valence-corrected chi connectivity index (χ1v) is 10.2. The first-order chi connectivity index (χ1) is 14.1. The monoisotopic (exact) mass is 496 g/mol. The van der Waals surface area contributed by atoms with E-state index in [9.17, 15) is 14.4 Å². The summed E-state index contributed by atoms with van der Waals surface area (Å²) in [6, 6.07) is 11.9. The lowest BCUT2D eigenvalue weighted by molar-refractivity contribution is -0.162. The summed E-state index contributed by atoms with van der Waals surface area (Å²) in [5, 5.41) is 5.65. The van der Waals surface area contributed by atoms with Crippen molar-refractivity contribution in [2.45, 2.75) is 26.4 Å². The van der Waals surface area contributed by atoms with Crippen LogP contribution in [0, 0.1) is 6.92 Å². The number of carbonyl (C=O) groups is 3. The SMILES string of the molecule is Cc1cc(Br)ccc1NC(=O)CNC(=O)COC(=O)C(C)(C)Oc1ccc(Cl)cc1. The van der Waals surface area contributed by atoms with Crippen LogP contribution in [0.5, 0.6) is 5.75 Å². The van der Waals surface area contributed by atoms with E-state index in [1.807, 2.05) is 13.0 Å². The Kier molecular flexibility index (Phi) is 8.25. The van der Waals surface area contributed by atoms with Crippen molar-refractivity contribution in [1.82, 2.24) is 5.32 Å². The Morgan fingerprint density at radius 1 is 1.07 bits per heavy atom. The number of anilines is 1. The normalized spacial score (nSPS) is 10.8. The number of amides is 2. The van der Waals surface area contributed by atoms with E-state index >= 15 is 0 Å². The van der Waals surface area contributed by atoms with Crippen LogP contribution in [0.25, 0.3) is 0 Å². The zero-order chi connectivity index (χ0) is 22.3. The topological polar surface area (TPSA) is 93.7 Å². The van der Waals surface area contributed by atoms with Crippen LogP contribution < -0.4 is 15.4 Å². The first kappa shape index (κ1) is 23.7. The molecule has 0 unspecified atom stereocenters. The lowest BCUT2D eigenvalue weighted by atomic mass is 10.1. The van der Waals surface area contributed by atoms with Gasteiger partial charge in [-0.1, -0.05) is 27.5 Å². The molecule has 0 radical (unpaired) electrons. The van der Waals surface area contributed by atoms with Gasteiger partial charge in [0, 0.05) is 15.2 Å². The van der Waals surface area contributed by atoms with Crippen LogP contribution in [0.4, 0.5) is 5.69 Å². The molecule has 0 aromatic heterocycles. The summed E-state index contributed by atoms with van der Waals surface area (Å²) >= 11 is 9.17. The van der Waals surface area contributed by atoms with Crippen molar-refractivity contribution in [1.29, 1.82) is 0 Å². The molecule has 2 amide bonds. The number of ether oxygens (including phenoxy) is 2. The summed E-state index contributed by atoms with van der Waals surface area (Å²) in [5.74, 6) is -1.28. The lowest BCUT2D eigenvalue weighted by Crippen LogP contribution is -2.42. The highest BCUT2D eigenvalue weighted by Gasteiger charge is 2.32. The maximum Gasteiger partial charge on any atom is 0.350 e. The van der Waals surface area contributed by atoms with Gasteiger partial charge >= 0.3 is 5.97 Å². The third-order valence-electron chi connectivity index (χ3n) is 3.92. The Hall–Kier alpha value is -2.58. The second-order valence-electron chi connectivity index (χ2n) is 6.93. The Morgan fingerprint density at radius 2 is 1.73 bits per heavy atom. The molecule has 2 aromatic carbocycles. The molecule has 7 nitrogen and oxygen atoms in total. The van der Waals surface area contributed by atoms with Gasteiger partial charge in [0.15, 0.2) is 12.2 Å². The Labute approximate surface area is 188 Å². The Balaban J connectivity index is 1.76. The molecule has 2 rings (SSSR count). The molecule has 0 fully saturated rings. The molecule has 30 heavy (non-hydrogen) atoms. The number of hydrogen-bond acceptors (Lipinski definition) is 5. The smallest absolute Gasteiger partial charge is 0.350 e. The summed E-state index contributed by atoms with van der Waals surface area (Å²) < 4.78 is 11.5. The molecule has 0 aliphatic heterocycles. The van der Waals surface area contributed by atoms with E-state index in [4.69, 9.17) is 21.1 Å². The fraction of sp³-hybridized carbons (Fsp3) is 0.286. The standard InChI is InChI=1S/C21H22BrClN2O5/c1-13-10-14(22)4-9-17(13)25-18(26)11-24-19(27)12-29-20(28)21(2,3)30-16-7-5-15(23)6-8-16/h4-10H,11-12H2,1-3H3,(H,24,27)(H,25,26). The number of esters is 1. The third kappa shape index (κ3) is 7.35. The number of benzene rings is 2. The molecule has 2 N–H and O–H groups in total. The number of carbonyl (C=O) groups excluding carboxylic acids is 3. The quantitative estimate of drug-likeness (QED) is 0.540. The zero-order valence-electron chi connectivity index (χ0n) is 16.8. The third-order valence-corrected chi connectivity index (χ3v) is 4.67. The molecule has 0 saturated carbocycles. The predicted molar refractivity (Wildman–Crippen MR) is 118 cm³/mol. The fourth-order valence-corrected chi connectivity index (χ4v) is 2.94. The molecule has 0 heterocycles. The Morgan fingerprint density at radius 3 is 2.37 bits per heavy atom. The van der Waals surface area contributed by atoms with Gasteiger partial charge in [0.05, 0.1) is 6.54 Å². The van der Waals surface area contributed by atoms with Crippen LogP contribution in [-0.4, -0.2) is 36.5 Å². The van der Waals surface area contributed by atoms with Crippen LogP contribution in [0.15, 0.2) is 46.9 Å². The van der Waals surface area contributed by atoms with E-state index in [2.05, 4.69) is 26.6 Å². The molecular formula is C21H22BrClN2O5. The van der Waals surface area contributed by atoms with Crippen molar-refractivity contribution in [2.75, 3.05) is 18.5 Å². The molecular weight excluding hydrogens is 476 g/mol. The maximum atomic E-state index is 12.2. The van der Waals surface area contributed by atoms with Crippen molar-refractivity contribution in [3.63, 3.8) is 0 Å². The highest BCUT2D eigenvalue weighted by Crippen LogP contribution is 2.22. The van der Waals surface area contributed by atoms with E-state index in [-0.39, 0.29) is 6.54 Å². The molecule has 160 valence electrons. The minimum Gasteiger partial charge on any atom is -0.476 e. The molecule has 0 aliphatic rings. The van der Waals surface area contributed by atoms with E-state index < -0.39 is 30.0 Å². The van der Waals surface area contributed by atoms with Gasteiger partial charge in [-0.05, 0) is 68.8 Å². The van der Waals surface area contributed by atoms with E-state index in [1.165, 1.54) is 13.8 Å². The summed E-state index contributed by atoms with van der Waals surface area (Å²) in [6.45, 7) is 4.12. The minimum atomic E-state index is -1.31. The van der Waals surface area contributed by atoms with Crippen molar-refractivity contribution >= 4 is 51.0 Å². The molecule has 0 saturated heterocycles. The van der Waals surface area contributed by atoms with E-state index in [1.54, 1.807) is 36.4 Å². The van der Waals surface area contributed by atoms with Gasteiger partial charge in [-0.25, -0.2) is 4.79 Å². The highest BCUT2D eigenvalue weighted by atomic mass is 79.9. The van der Waals surface area contributed by atoms with Crippen LogP contribution in [0.2, 0.25) is 5.02 Å². The van der Waals surface area contributed by atoms with Crippen LogP contribution >= 0.6 is 27.5 Å². The van der Waals surface area contributed by atoms with Crippen molar-refractivity contribution in [2.24, 2.45) is 0 Å². The fourth-order valence-electron chi connectivity index (χ4n) is 2.34. The molecule has 0 aliphatic carbocycles. The van der Waals surface area contributed by atoms with Gasteiger partial charge in [-0.2, -0.15) is 0 Å². The summed E-state index contributed by atoms with van der Waals surface area (Å²) in [5.41, 5.74) is 0.204. The maximum absolute atomic E-state index is 12.2. The van der Waals surface area contributed by atoms with Gasteiger partial charge in [0.25, 0.3) is 5.91 Å². The molecule has 2 aromatic rings. The van der Waals surface area contributed by atoms with Gasteiger partial charge in [-0.15, -0.1) is 0 Å². The molecule has 0 bridgehead atoms. The van der Waals surface area contributed by atoms with E-state index in [0.29, 0.717) is 16.5 Å². The summed E-state index contributed by atoms with van der Waals surface area (Å²) in [7, 11) is 0. The van der Waals surface area contributed by atoms with Crippen molar-refractivity contribution in [3.05, 3.63) is 57.5 Å². The number of halogens is 2. The van der Waals surface area contributed by atoms with Crippen LogP contribution in [0.3, 0.4) is 0 Å². The van der Waals surface area contributed by atoms with Crippen LogP contribution in [-0.2, 0) is 19.1 Å². The second-order valence-corrected chi connectivity index (χ2v) is 8.28. The zero-order valence-corrected chi connectivity index (χ0v) is 19.1. The van der Waals surface area contributed by atoms with Gasteiger partial charge in [0.1, 0.15) is 5.75 Å². The Bertz CT molecular complexity index is 931. The number of nitrogens with one attached hydrogen (secondary N) is 2. The number of aryl methyl sites for hydroxylation is 1. The molecule has 0 spiro atoms.